The van der Waals surface area contributed by atoms with Crippen molar-refractivity contribution in [1.29, 1.82) is 0 Å². The van der Waals surface area contributed by atoms with E-state index in [4.69, 9.17) is 4.74 Å². The van der Waals surface area contributed by atoms with Crippen LogP contribution in [0.5, 0.6) is 0 Å². The van der Waals surface area contributed by atoms with Crippen molar-refractivity contribution in [3.8, 4) is 0 Å². The summed E-state index contributed by atoms with van der Waals surface area (Å²) in [5.74, 6) is -0.164. The molecule has 0 aliphatic rings. The van der Waals surface area contributed by atoms with Gasteiger partial charge >= 0.3 is 5.97 Å². The van der Waals surface area contributed by atoms with Gasteiger partial charge in [0, 0.05) is 17.8 Å². The van der Waals surface area contributed by atoms with Gasteiger partial charge in [-0.1, -0.05) is 19.1 Å². The Hall–Kier alpha value is -1.77. The van der Waals surface area contributed by atoms with Crippen molar-refractivity contribution in [3.63, 3.8) is 0 Å². The number of methoxy groups -OCH3 is 1. The van der Waals surface area contributed by atoms with Crippen LogP contribution < -0.4 is 0 Å². The molecule has 0 unspecified atom stereocenters. The van der Waals surface area contributed by atoms with Crippen LogP contribution in [0.1, 0.15) is 24.6 Å². The third kappa shape index (κ3) is 2.40. The van der Waals surface area contributed by atoms with Crippen molar-refractivity contribution in [1.82, 2.24) is 4.57 Å². The van der Waals surface area contributed by atoms with Gasteiger partial charge in [-0.3, -0.25) is 4.79 Å². The first kappa shape index (κ1) is 12.7. The third-order valence-electron chi connectivity index (χ3n) is 3.35. The maximum absolute atomic E-state index is 11.2. The van der Waals surface area contributed by atoms with Crippen LogP contribution in [0.3, 0.4) is 0 Å². The quantitative estimate of drug-likeness (QED) is 0.775. The van der Waals surface area contributed by atoms with Gasteiger partial charge in [0.25, 0.3) is 0 Å². The average molecular weight is 245 g/mol. The summed E-state index contributed by atoms with van der Waals surface area (Å²) in [6.45, 7) is 4.90. The van der Waals surface area contributed by atoms with E-state index in [0.717, 1.165) is 6.42 Å². The number of esters is 1. The van der Waals surface area contributed by atoms with Crippen molar-refractivity contribution < 1.29 is 9.53 Å². The highest BCUT2D eigenvalue weighted by Gasteiger charge is 2.08. The first-order valence-corrected chi connectivity index (χ1v) is 6.31. The molecule has 0 saturated carbocycles. The summed E-state index contributed by atoms with van der Waals surface area (Å²) in [7, 11) is 1.43. The van der Waals surface area contributed by atoms with E-state index in [0.29, 0.717) is 13.0 Å². The second-order valence-electron chi connectivity index (χ2n) is 4.51. The normalized spacial score (nSPS) is 10.8. The maximum atomic E-state index is 11.2. The lowest BCUT2D eigenvalue weighted by Gasteiger charge is -2.08. The Labute approximate surface area is 107 Å². The Morgan fingerprint density at radius 3 is 2.78 bits per heavy atom. The standard InChI is InChI=1S/C15H19NO2/c1-4-12-5-6-13-9-11(2)16(14(13)10-12)8-7-15(17)18-3/h5-6,9-10H,4,7-8H2,1-3H3. The Morgan fingerprint density at radius 2 is 2.11 bits per heavy atom. The number of carbonyl (C=O) groups is 1. The minimum atomic E-state index is -0.164. The number of fused-ring (bicyclic) bond motifs is 1. The van der Waals surface area contributed by atoms with Crippen LogP contribution in [-0.4, -0.2) is 17.6 Å². The predicted molar refractivity (Wildman–Crippen MR) is 72.7 cm³/mol. The summed E-state index contributed by atoms with van der Waals surface area (Å²) in [6.07, 6.45) is 1.44. The summed E-state index contributed by atoms with van der Waals surface area (Å²) in [5, 5.41) is 1.23. The van der Waals surface area contributed by atoms with Gasteiger partial charge < -0.3 is 9.30 Å². The molecule has 0 saturated heterocycles. The lowest BCUT2D eigenvalue weighted by atomic mass is 10.1. The highest BCUT2D eigenvalue weighted by atomic mass is 16.5. The fraction of sp³-hybridized carbons (Fsp3) is 0.400. The first-order chi connectivity index (χ1) is 8.65. The van der Waals surface area contributed by atoms with E-state index in [9.17, 15) is 4.79 Å². The molecule has 3 nitrogen and oxygen atoms in total. The number of carbonyl (C=O) groups excluding carboxylic acids is 1. The molecule has 2 rings (SSSR count). The van der Waals surface area contributed by atoms with Gasteiger partial charge in [-0.2, -0.15) is 0 Å². The van der Waals surface area contributed by atoms with E-state index >= 15 is 0 Å². The van der Waals surface area contributed by atoms with E-state index in [1.165, 1.54) is 29.3 Å². The molecule has 0 fully saturated rings. The second-order valence-corrected chi connectivity index (χ2v) is 4.51. The number of hydrogen-bond acceptors (Lipinski definition) is 2. The molecule has 96 valence electrons. The molecule has 2 aromatic rings. The fourth-order valence-corrected chi connectivity index (χ4v) is 2.26. The second kappa shape index (κ2) is 5.25. The monoisotopic (exact) mass is 245 g/mol. The number of nitrogens with zero attached hydrogens (tertiary/aromatic N) is 1. The molecule has 0 spiro atoms. The molecule has 0 N–H and O–H groups in total. The van der Waals surface area contributed by atoms with Crippen molar-refractivity contribution in [2.45, 2.75) is 33.2 Å². The number of hydrogen-bond donors (Lipinski definition) is 0. The molecule has 0 aliphatic carbocycles. The molecule has 1 heterocycles. The molecule has 0 amide bonds. The van der Waals surface area contributed by atoms with Crippen molar-refractivity contribution >= 4 is 16.9 Å². The number of aromatic nitrogens is 1. The molecule has 0 bridgehead atoms. The highest BCUT2D eigenvalue weighted by molar-refractivity contribution is 5.82. The first-order valence-electron chi connectivity index (χ1n) is 6.31. The highest BCUT2D eigenvalue weighted by Crippen LogP contribution is 2.21. The predicted octanol–water partition coefficient (Wildman–Crippen LogP) is 3.08. The maximum Gasteiger partial charge on any atom is 0.307 e. The number of aryl methyl sites for hydroxylation is 3. The van der Waals surface area contributed by atoms with Gasteiger partial charge in [-0.25, -0.2) is 0 Å². The molecular weight excluding hydrogens is 226 g/mol. The van der Waals surface area contributed by atoms with Crippen LogP contribution in [0.4, 0.5) is 0 Å². The summed E-state index contributed by atoms with van der Waals surface area (Å²) in [6, 6.07) is 8.67. The Morgan fingerprint density at radius 1 is 1.33 bits per heavy atom. The number of ether oxygens (including phenoxy) is 1. The van der Waals surface area contributed by atoms with Crippen LogP contribution in [0.15, 0.2) is 24.3 Å². The Balaban J connectivity index is 2.35. The molecule has 1 aromatic carbocycles. The van der Waals surface area contributed by atoms with Crippen LogP contribution >= 0.6 is 0 Å². The van der Waals surface area contributed by atoms with E-state index in [2.05, 4.69) is 42.7 Å². The molecule has 0 aliphatic heterocycles. The topological polar surface area (TPSA) is 31.2 Å². The fourth-order valence-electron chi connectivity index (χ4n) is 2.26. The molecule has 0 radical (unpaired) electrons. The molecule has 18 heavy (non-hydrogen) atoms. The van der Waals surface area contributed by atoms with E-state index in [-0.39, 0.29) is 5.97 Å². The minimum Gasteiger partial charge on any atom is -0.469 e. The van der Waals surface area contributed by atoms with Gasteiger partial charge in [-0.15, -0.1) is 0 Å². The lowest BCUT2D eigenvalue weighted by molar-refractivity contribution is -0.140. The van der Waals surface area contributed by atoms with Crippen LogP contribution in [0.25, 0.3) is 10.9 Å². The zero-order valence-corrected chi connectivity index (χ0v) is 11.2. The molecule has 3 heteroatoms. The third-order valence-corrected chi connectivity index (χ3v) is 3.35. The minimum absolute atomic E-state index is 0.164. The SMILES string of the molecule is CCc1ccc2cc(C)n(CCC(=O)OC)c2c1. The Kier molecular flexibility index (Phi) is 3.70. The van der Waals surface area contributed by atoms with Gasteiger partial charge in [0.15, 0.2) is 0 Å². The molecular formula is C15H19NO2. The summed E-state index contributed by atoms with van der Waals surface area (Å²) >= 11 is 0. The van der Waals surface area contributed by atoms with E-state index in [1.807, 2.05) is 0 Å². The van der Waals surface area contributed by atoms with E-state index < -0.39 is 0 Å². The van der Waals surface area contributed by atoms with Gasteiger partial charge in [0.05, 0.1) is 13.5 Å². The van der Waals surface area contributed by atoms with Gasteiger partial charge in [-0.05, 0) is 36.4 Å². The summed E-state index contributed by atoms with van der Waals surface area (Å²) < 4.78 is 6.88. The number of rotatable bonds is 4. The number of benzene rings is 1. The zero-order valence-electron chi connectivity index (χ0n) is 11.2. The van der Waals surface area contributed by atoms with Crippen molar-refractivity contribution in [2.75, 3.05) is 7.11 Å². The van der Waals surface area contributed by atoms with Gasteiger partial charge in [0.1, 0.15) is 0 Å². The zero-order chi connectivity index (χ0) is 13.1. The smallest absolute Gasteiger partial charge is 0.307 e. The van der Waals surface area contributed by atoms with Crippen LogP contribution in [-0.2, 0) is 22.5 Å². The average Bonchev–Trinajstić information content (AvgIpc) is 2.70. The molecule has 0 atom stereocenters. The Bertz CT molecular complexity index is 569. The lowest BCUT2D eigenvalue weighted by Crippen LogP contribution is -2.07. The van der Waals surface area contributed by atoms with Crippen LogP contribution in [0.2, 0.25) is 0 Å². The summed E-state index contributed by atoms with van der Waals surface area (Å²) in [4.78, 5) is 11.2. The van der Waals surface area contributed by atoms with Gasteiger partial charge in [0.2, 0.25) is 0 Å². The van der Waals surface area contributed by atoms with E-state index in [1.54, 1.807) is 0 Å². The van der Waals surface area contributed by atoms with Crippen molar-refractivity contribution in [3.05, 3.63) is 35.5 Å². The largest absolute Gasteiger partial charge is 0.469 e. The van der Waals surface area contributed by atoms with Crippen LogP contribution in [0, 0.1) is 6.92 Å². The molecule has 1 aromatic heterocycles. The summed E-state index contributed by atoms with van der Waals surface area (Å²) in [5.41, 5.74) is 3.71. The van der Waals surface area contributed by atoms with Crippen molar-refractivity contribution in [2.24, 2.45) is 0 Å².